The fourth-order valence-corrected chi connectivity index (χ4v) is 0.979. The summed E-state index contributed by atoms with van der Waals surface area (Å²) in [5.41, 5.74) is 5.36. The minimum atomic E-state index is 0.283. The maximum Gasteiger partial charge on any atom is 0.244 e. The van der Waals surface area contributed by atoms with Gasteiger partial charge in [0.25, 0.3) is 0 Å². The summed E-state index contributed by atoms with van der Waals surface area (Å²) >= 11 is 0. The van der Waals surface area contributed by atoms with Gasteiger partial charge in [0.05, 0.1) is 6.54 Å². The van der Waals surface area contributed by atoms with Gasteiger partial charge in [0.1, 0.15) is 6.33 Å². The molecule has 0 aromatic carbocycles. The Morgan fingerprint density at radius 3 is 3.07 bits per heavy atom. The van der Waals surface area contributed by atoms with E-state index in [1.165, 1.54) is 0 Å². The van der Waals surface area contributed by atoms with Crippen LogP contribution in [-0.2, 0) is 13.6 Å². The van der Waals surface area contributed by atoms with E-state index < -0.39 is 0 Å². The molecule has 0 aliphatic heterocycles. The lowest BCUT2D eigenvalue weighted by molar-refractivity contribution is 0.807. The number of nitrogens with one attached hydrogen (secondary N) is 2. The van der Waals surface area contributed by atoms with Crippen LogP contribution in [0.25, 0.3) is 0 Å². The van der Waals surface area contributed by atoms with Crippen LogP contribution in [-0.4, -0.2) is 29.9 Å². The molecule has 0 aliphatic rings. The quantitative estimate of drug-likeness (QED) is 0.585. The van der Waals surface area contributed by atoms with E-state index in [4.69, 9.17) is 5.73 Å². The van der Waals surface area contributed by atoms with E-state index in [0.29, 0.717) is 12.5 Å². The van der Waals surface area contributed by atoms with E-state index in [0.717, 1.165) is 5.82 Å². The molecule has 74 valence electrons. The molecule has 2 aromatic rings. The first-order chi connectivity index (χ1) is 6.75. The van der Waals surface area contributed by atoms with Crippen LogP contribution in [0.5, 0.6) is 0 Å². The Balaban J connectivity index is 1.98. The number of anilines is 2. The van der Waals surface area contributed by atoms with Gasteiger partial charge >= 0.3 is 0 Å². The number of nitrogens with two attached hydrogens (primary N) is 1. The normalized spacial score (nSPS) is 10.4. The van der Waals surface area contributed by atoms with Crippen molar-refractivity contribution in [1.29, 1.82) is 0 Å². The maximum atomic E-state index is 5.36. The molecule has 0 bridgehead atoms. The molecule has 0 fully saturated rings. The smallest absolute Gasteiger partial charge is 0.244 e. The van der Waals surface area contributed by atoms with Crippen LogP contribution in [0.4, 0.5) is 11.9 Å². The number of aryl methyl sites for hydroxylation is 1. The van der Waals surface area contributed by atoms with Gasteiger partial charge in [-0.15, -0.1) is 15.3 Å². The van der Waals surface area contributed by atoms with Crippen molar-refractivity contribution in [2.75, 3.05) is 11.1 Å². The third kappa shape index (κ3) is 1.63. The number of H-pyrrole nitrogens is 1. The SMILES string of the molecule is Cn1cnnc1CNc1n[nH]c(N)n1. The summed E-state index contributed by atoms with van der Waals surface area (Å²) in [5, 5.41) is 16.9. The molecular weight excluding hydrogens is 184 g/mol. The van der Waals surface area contributed by atoms with Crippen LogP contribution in [0, 0.1) is 0 Å². The van der Waals surface area contributed by atoms with E-state index in [1.54, 1.807) is 6.33 Å². The molecule has 2 heterocycles. The van der Waals surface area contributed by atoms with Crippen molar-refractivity contribution in [2.24, 2.45) is 7.05 Å². The summed E-state index contributed by atoms with van der Waals surface area (Å²) in [5.74, 6) is 1.53. The summed E-state index contributed by atoms with van der Waals surface area (Å²) in [4.78, 5) is 3.88. The Bertz CT molecular complexity index is 415. The van der Waals surface area contributed by atoms with Crippen molar-refractivity contribution in [3.8, 4) is 0 Å². The molecule has 8 heteroatoms. The highest BCUT2D eigenvalue weighted by Gasteiger charge is 2.02. The fourth-order valence-electron chi connectivity index (χ4n) is 0.979. The molecule has 0 unspecified atom stereocenters. The van der Waals surface area contributed by atoms with Crippen LogP contribution in [0.3, 0.4) is 0 Å². The van der Waals surface area contributed by atoms with Crippen molar-refractivity contribution in [2.45, 2.75) is 6.54 Å². The number of nitrogens with zero attached hydrogens (tertiary/aromatic N) is 5. The summed E-state index contributed by atoms with van der Waals surface area (Å²) in [7, 11) is 1.86. The Morgan fingerprint density at radius 2 is 2.50 bits per heavy atom. The molecule has 0 atom stereocenters. The molecule has 0 amide bonds. The molecular formula is C6H10N8. The summed E-state index contributed by atoms with van der Waals surface area (Å²) in [6, 6.07) is 0. The van der Waals surface area contributed by atoms with Crippen LogP contribution in [0.15, 0.2) is 6.33 Å². The monoisotopic (exact) mass is 194 g/mol. The Kier molecular flexibility index (Phi) is 2.01. The summed E-state index contributed by atoms with van der Waals surface area (Å²) in [6.07, 6.45) is 1.63. The molecule has 2 aromatic heterocycles. The van der Waals surface area contributed by atoms with E-state index in [2.05, 4.69) is 30.7 Å². The van der Waals surface area contributed by atoms with Crippen LogP contribution in [0.2, 0.25) is 0 Å². The Morgan fingerprint density at radius 1 is 1.64 bits per heavy atom. The molecule has 4 N–H and O–H groups in total. The highest BCUT2D eigenvalue weighted by atomic mass is 15.3. The van der Waals surface area contributed by atoms with Crippen LogP contribution < -0.4 is 11.1 Å². The van der Waals surface area contributed by atoms with Gasteiger partial charge in [0, 0.05) is 7.05 Å². The molecule has 0 radical (unpaired) electrons. The minimum Gasteiger partial charge on any atom is -0.368 e. The molecule has 0 aliphatic carbocycles. The number of nitrogen functional groups attached to an aromatic ring is 1. The van der Waals surface area contributed by atoms with Gasteiger partial charge < -0.3 is 15.6 Å². The highest BCUT2D eigenvalue weighted by molar-refractivity contribution is 5.29. The van der Waals surface area contributed by atoms with Gasteiger partial charge in [-0.2, -0.15) is 4.98 Å². The lowest BCUT2D eigenvalue weighted by Crippen LogP contribution is -2.06. The topological polar surface area (TPSA) is 110 Å². The number of hydrogen-bond acceptors (Lipinski definition) is 6. The number of rotatable bonds is 3. The Hall–Kier alpha value is -2.12. The lowest BCUT2D eigenvalue weighted by atomic mass is 10.6. The third-order valence-corrected chi connectivity index (χ3v) is 1.71. The number of hydrogen-bond donors (Lipinski definition) is 3. The standard InChI is InChI=1S/C6H10N8/c1-14-3-9-11-4(14)2-8-6-10-5(7)12-13-6/h3H,2H2,1H3,(H4,7,8,10,12,13). The van der Waals surface area contributed by atoms with Crippen molar-refractivity contribution < 1.29 is 0 Å². The first-order valence-electron chi connectivity index (χ1n) is 4.00. The lowest BCUT2D eigenvalue weighted by Gasteiger charge is -1.99. The van der Waals surface area contributed by atoms with E-state index >= 15 is 0 Å². The van der Waals surface area contributed by atoms with Gasteiger partial charge in [-0.25, -0.2) is 5.10 Å². The largest absolute Gasteiger partial charge is 0.368 e. The van der Waals surface area contributed by atoms with Gasteiger partial charge in [-0.1, -0.05) is 0 Å². The predicted molar refractivity (Wildman–Crippen MR) is 49.1 cm³/mol. The molecule has 14 heavy (non-hydrogen) atoms. The number of aromatic nitrogens is 6. The van der Waals surface area contributed by atoms with Crippen LogP contribution >= 0.6 is 0 Å². The summed E-state index contributed by atoms with van der Waals surface area (Å²) in [6.45, 7) is 0.508. The van der Waals surface area contributed by atoms with E-state index in [-0.39, 0.29) is 5.95 Å². The average molecular weight is 194 g/mol. The zero-order valence-electron chi connectivity index (χ0n) is 7.60. The molecule has 0 spiro atoms. The van der Waals surface area contributed by atoms with Gasteiger partial charge in [0.15, 0.2) is 5.82 Å². The van der Waals surface area contributed by atoms with Crippen molar-refractivity contribution in [1.82, 2.24) is 29.9 Å². The minimum absolute atomic E-state index is 0.283. The Labute approximate surface area is 79.6 Å². The van der Waals surface area contributed by atoms with Gasteiger partial charge in [-0.05, 0) is 0 Å². The second-order valence-electron chi connectivity index (χ2n) is 2.76. The first-order valence-corrected chi connectivity index (χ1v) is 4.00. The van der Waals surface area contributed by atoms with Crippen molar-refractivity contribution >= 4 is 11.9 Å². The van der Waals surface area contributed by atoms with E-state index in [1.807, 2.05) is 11.6 Å². The van der Waals surface area contributed by atoms with Crippen molar-refractivity contribution in [3.63, 3.8) is 0 Å². The maximum absolute atomic E-state index is 5.36. The van der Waals surface area contributed by atoms with E-state index in [9.17, 15) is 0 Å². The first kappa shape index (κ1) is 8.48. The third-order valence-electron chi connectivity index (χ3n) is 1.71. The molecule has 0 saturated heterocycles. The zero-order chi connectivity index (χ0) is 9.97. The van der Waals surface area contributed by atoms with Gasteiger partial charge in [-0.3, -0.25) is 0 Å². The fraction of sp³-hybridized carbons (Fsp3) is 0.333. The van der Waals surface area contributed by atoms with Crippen molar-refractivity contribution in [3.05, 3.63) is 12.2 Å². The average Bonchev–Trinajstić information content (AvgIpc) is 2.72. The number of aromatic amines is 1. The second-order valence-corrected chi connectivity index (χ2v) is 2.76. The summed E-state index contributed by atoms with van der Waals surface area (Å²) < 4.78 is 1.81. The van der Waals surface area contributed by atoms with Gasteiger partial charge in [0.2, 0.25) is 11.9 Å². The molecule has 0 saturated carbocycles. The zero-order valence-corrected chi connectivity index (χ0v) is 7.60. The predicted octanol–water partition coefficient (Wildman–Crippen LogP) is -0.873. The molecule has 8 nitrogen and oxygen atoms in total. The second kappa shape index (κ2) is 3.32. The molecule has 2 rings (SSSR count). The highest BCUT2D eigenvalue weighted by Crippen LogP contribution is 2.01. The van der Waals surface area contributed by atoms with Crippen LogP contribution in [0.1, 0.15) is 5.82 Å².